The molecule has 0 aliphatic heterocycles. The Morgan fingerprint density at radius 3 is 2.11 bits per heavy atom. The summed E-state index contributed by atoms with van der Waals surface area (Å²) in [5, 5.41) is 12.1. The summed E-state index contributed by atoms with van der Waals surface area (Å²) < 4.78 is 0. The van der Waals surface area contributed by atoms with E-state index in [4.69, 9.17) is 11.0 Å². The van der Waals surface area contributed by atoms with Crippen molar-refractivity contribution in [3.05, 3.63) is 101 Å². The van der Waals surface area contributed by atoms with Gasteiger partial charge in [-0.25, -0.2) is 0 Å². The van der Waals surface area contributed by atoms with Crippen LogP contribution in [-0.2, 0) is 12.0 Å². The number of hydrogen-bond acceptors (Lipinski definition) is 4. The van der Waals surface area contributed by atoms with Crippen molar-refractivity contribution in [2.45, 2.75) is 70.5 Å². The van der Waals surface area contributed by atoms with Crippen molar-refractivity contribution in [1.29, 1.82) is 5.26 Å². The molecule has 2 amide bonds. The van der Waals surface area contributed by atoms with Gasteiger partial charge in [0.05, 0.1) is 11.6 Å². The van der Waals surface area contributed by atoms with Crippen LogP contribution in [0.4, 0.5) is 5.69 Å². The molecule has 0 bridgehead atoms. The molecule has 0 spiro atoms. The minimum atomic E-state index is -0.163. The van der Waals surface area contributed by atoms with Crippen LogP contribution in [0.25, 0.3) is 0 Å². The zero-order chi connectivity index (χ0) is 27.3. The predicted molar refractivity (Wildman–Crippen MR) is 151 cm³/mol. The van der Waals surface area contributed by atoms with Crippen LogP contribution < -0.4 is 11.1 Å². The number of nitrogens with zero attached hydrogens (tertiary/aromatic N) is 2. The third kappa shape index (κ3) is 6.48. The molecule has 4 rings (SSSR count). The standard InChI is InChI=1S/C32H36N4O2/c1-32(2,3)26-16-14-24(15-17-26)30(37)35-27-18-10-23(11-19-27)21-36(29-7-5-4-6-28(29)34)31(38)25-12-8-22(20-33)9-13-25/h8-19,28-29H,4-7,21,34H2,1-3H3,(H,35,37). The van der Waals surface area contributed by atoms with E-state index in [-0.39, 0.29) is 29.3 Å². The molecule has 3 aromatic carbocycles. The monoisotopic (exact) mass is 508 g/mol. The second kappa shape index (κ2) is 11.6. The Hall–Kier alpha value is -3.95. The minimum absolute atomic E-state index is 0.0295. The van der Waals surface area contributed by atoms with Crippen LogP contribution in [0.1, 0.15) is 83.9 Å². The summed E-state index contributed by atoms with van der Waals surface area (Å²) in [7, 11) is 0. The van der Waals surface area contributed by atoms with E-state index in [9.17, 15) is 9.59 Å². The number of carbonyl (C=O) groups is 2. The normalized spacial score (nSPS) is 17.3. The van der Waals surface area contributed by atoms with Crippen LogP contribution in [-0.4, -0.2) is 28.8 Å². The molecule has 2 unspecified atom stereocenters. The van der Waals surface area contributed by atoms with E-state index in [0.717, 1.165) is 31.2 Å². The SMILES string of the molecule is CC(C)(C)c1ccc(C(=O)Nc2ccc(CN(C(=O)c3ccc(C#N)cc3)C3CCCCC3N)cc2)cc1. The molecule has 0 radical (unpaired) electrons. The van der Waals surface area contributed by atoms with E-state index in [2.05, 4.69) is 32.2 Å². The first kappa shape index (κ1) is 27.1. The van der Waals surface area contributed by atoms with Gasteiger partial charge in [-0.1, -0.05) is 57.9 Å². The Labute approximate surface area is 225 Å². The average Bonchev–Trinajstić information content (AvgIpc) is 2.92. The number of nitriles is 1. The maximum absolute atomic E-state index is 13.6. The van der Waals surface area contributed by atoms with Gasteiger partial charge in [0.25, 0.3) is 11.8 Å². The molecule has 1 fully saturated rings. The molecular formula is C32H36N4O2. The fraction of sp³-hybridized carbons (Fsp3) is 0.344. The van der Waals surface area contributed by atoms with Crippen LogP contribution in [0.3, 0.4) is 0 Å². The Kier molecular flexibility index (Phi) is 8.29. The van der Waals surface area contributed by atoms with E-state index < -0.39 is 0 Å². The highest BCUT2D eigenvalue weighted by molar-refractivity contribution is 6.04. The van der Waals surface area contributed by atoms with Gasteiger partial charge in [-0.3, -0.25) is 9.59 Å². The van der Waals surface area contributed by atoms with Crippen LogP contribution in [0, 0.1) is 11.3 Å². The molecule has 3 N–H and O–H groups in total. The zero-order valence-electron chi connectivity index (χ0n) is 22.4. The summed E-state index contributed by atoms with van der Waals surface area (Å²) in [5.74, 6) is -0.253. The van der Waals surface area contributed by atoms with E-state index in [0.29, 0.717) is 28.9 Å². The first-order valence-electron chi connectivity index (χ1n) is 13.2. The molecule has 38 heavy (non-hydrogen) atoms. The molecule has 1 saturated carbocycles. The van der Waals surface area contributed by atoms with Gasteiger partial charge in [-0.2, -0.15) is 5.26 Å². The highest BCUT2D eigenvalue weighted by Crippen LogP contribution is 2.26. The first-order valence-corrected chi connectivity index (χ1v) is 13.2. The zero-order valence-corrected chi connectivity index (χ0v) is 22.4. The topological polar surface area (TPSA) is 99.2 Å². The molecule has 196 valence electrons. The summed E-state index contributed by atoms with van der Waals surface area (Å²) in [5.41, 5.74) is 11.0. The smallest absolute Gasteiger partial charge is 0.255 e. The lowest BCUT2D eigenvalue weighted by atomic mass is 9.87. The molecule has 2 atom stereocenters. The lowest BCUT2D eigenvalue weighted by Crippen LogP contribution is -2.51. The molecule has 0 heterocycles. The number of anilines is 1. The van der Waals surface area contributed by atoms with E-state index in [1.54, 1.807) is 24.3 Å². The molecular weight excluding hydrogens is 472 g/mol. The third-order valence-electron chi connectivity index (χ3n) is 7.28. The van der Waals surface area contributed by atoms with Crippen LogP contribution >= 0.6 is 0 Å². The van der Waals surface area contributed by atoms with Crippen LogP contribution in [0.2, 0.25) is 0 Å². The summed E-state index contributed by atoms with van der Waals surface area (Å²) in [6.07, 6.45) is 3.87. The number of nitrogens with two attached hydrogens (primary N) is 1. The van der Waals surface area contributed by atoms with Gasteiger partial charge in [0.2, 0.25) is 0 Å². The molecule has 6 heteroatoms. The van der Waals surface area contributed by atoms with Gasteiger partial charge in [-0.15, -0.1) is 0 Å². The second-order valence-corrected chi connectivity index (χ2v) is 11.1. The van der Waals surface area contributed by atoms with Crippen molar-refractivity contribution >= 4 is 17.5 Å². The predicted octanol–water partition coefficient (Wildman–Crippen LogP) is 6.02. The number of carbonyl (C=O) groups excluding carboxylic acids is 2. The summed E-state index contributed by atoms with van der Waals surface area (Å²) in [6.45, 7) is 6.85. The Morgan fingerprint density at radius 2 is 1.53 bits per heavy atom. The maximum atomic E-state index is 13.6. The minimum Gasteiger partial charge on any atom is -0.330 e. The van der Waals surface area contributed by atoms with Gasteiger partial charge in [0, 0.05) is 35.4 Å². The van der Waals surface area contributed by atoms with Crippen molar-refractivity contribution in [2.24, 2.45) is 5.73 Å². The van der Waals surface area contributed by atoms with E-state index in [1.807, 2.05) is 53.4 Å². The lowest BCUT2D eigenvalue weighted by Gasteiger charge is -2.38. The van der Waals surface area contributed by atoms with Crippen LogP contribution in [0.5, 0.6) is 0 Å². The molecule has 1 aliphatic rings. The fourth-order valence-corrected chi connectivity index (χ4v) is 4.93. The molecule has 6 nitrogen and oxygen atoms in total. The van der Waals surface area contributed by atoms with Crippen molar-refractivity contribution in [3.63, 3.8) is 0 Å². The Morgan fingerprint density at radius 1 is 0.921 bits per heavy atom. The van der Waals surface area contributed by atoms with Crippen molar-refractivity contribution in [1.82, 2.24) is 4.90 Å². The summed E-state index contributed by atoms with van der Waals surface area (Å²) in [4.78, 5) is 28.2. The number of amides is 2. The molecule has 3 aromatic rings. The van der Waals surface area contributed by atoms with Gasteiger partial charge >= 0.3 is 0 Å². The van der Waals surface area contributed by atoms with Gasteiger partial charge in [-0.05, 0) is 77.9 Å². The van der Waals surface area contributed by atoms with Crippen LogP contribution in [0.15, 0.2) is 72.8 Å². The fourth-order valence-electron chi connectivity index (χ4n) is 4.93. The lowest BCUT2D eigenvalue weighted by molar-refractivity contribution is 0.0583. The molecule has 1 aliphatic carbocycles. The average molecular weight is 509 g/mol. The quantitative estimate of drug-likeness (QED) is 0.425. The Balaban J connectivity index is 1.48. The highest BCUT2D eigenvalue weighted by Gasteiger charge is 2.31. The van der Waals surface area contributed by atoms with Gasteiger partial charge in [0.15, 0.2) is 0 Å². The number of rotatable bonds is 6. The largest absolute Gasteiger partial charge is 0.330 e. The highest BCUT2D eigenvalue weighted by atomic mass is 16.2. The number of benzene rings is 3. The van der Waals surface area contributed by atoms with Crippen molar-refractivity contribution < 1.29 is 9.59 Å². The Bertz CT molecular complexity index is 1300. The van der Waals surface area contributed by atoms with Gasteiger partial charge < -0.3 is 16.0 Å². The first-order chi connectivity index (χ1) is 18.2. The van der Waals surface area contributed by atoms with E-state index in [1.165, 1.54) is 5.56 Å². The molecule has 0 saturated heterocycles. The van der Waals surface area contributed by atoms with Crippen molar-refractivity contribution in [3.8, 4) is 6.07 Å². The van der Waals surface area contributed by atoms with E-state index >= 15 is 0 Å². The number of hydrogen-bond donors (Lipinski definition) is 2. The summed E-state index contributed by atoms with van der Waals surface area (Å²) in [6, 6.07) is 24.0. The van der Waals surface area contributed by atoms with Gasteiger partial charge in [0.1, 0.15) is 0 Å². The molecule has 0 aromatic heterocycles. The van der Waals surface area contributed by atoms with Crippen molar-refractivity contribution in [2.75, 3.05) is 5.32 Å². The second-order valence-electron chi connectivity index (χ2n) is 11.1. The summed E-state index contributed by atoms with van der Waals surface area (Å²) >= 11 is 0. The third-order valence-corrected chi connectivity index (χ3v) is 7.28. The maximum Gasteiger partial charge on any atom is 0.255 e. The number of nitrogens with one attached hydrogen (secondary N) is 1.